The highest BCUT2D eigenvalue weighted by molar-refractivity contribution is 5.70. The third kappa shape index (κ3) is 23.7. The van der Waals surface area contributed by atoms with Gasteiger partial charge in [0, 0.05) is 6.42 Å². The Labute approximate surface area is 196 Å². The summed E-state index contributed by atoms with van der Waals surface area (Å²) in [4.78, 5) is 12.2. The van der Waals surface area contributed by atoms with Crippen LogP contribution < -0.4 is 0 Å². The van der Waals surface area contributed by atoms with Crippen molar-refractivity contribution in [2.75, 3.05) is 0 Å². The van der Waals surface area contributed by atoms with Crippen molar-refractivity contribution in [3.05, 3.63) is 12.3 Å². The molecule has 2 nitrogen and oxygen atoms in total. The lowest BCUT2D eigenvalue weighted by Gasteiger charge is -2.16. The van der Waals surface area contributed by atoms with Crippen LogP contribution in [-0.4, -0.2) is 5.97 Å². The second kappa shape index (κ2) is 25.5. The molecule has 0 aromatic carbocycles. The molecule has 184 valence electrons. The average Bonchev–Trinajstić information content (AvgIpc) is 2.76. The van der Waals surface area contributed by atoms with Crippen LogP contribution in [0.5, 0.6) is 0 Å². The first-order valence-electron chi connectivity index (χ1n) is 14.1. The van der Waals surface area contributed by atoms with Gasteiger partial charge in [-0.25, -0.2) is 0 Å². The van der Waals surface area contributed by atoms with Gasteiger partial charge in [0.2, 0.25) is 0 Å². The minimum Gasteiger partial charge on any atom is -0.435 e. The Morgan fingerprint density at radius 1 is 0.613 bits per heavy atom. The number of hydrogen-bond donors (Lipinski definition) is 0. The Hall–Kier alpha value is -0.790. The number of carbonyl (C=O) groups excluding carboxylic acids is 1. The number of rotatable bonds is 24. The van der Waals surface area contributed by atoms with Crippen molar-refractivity contribution in [3.63, 3.8) is 0 Å². The SMILES string of the molecule is CCC=COC(=O)CC(CCCCCCCCCC)CCCCCCCCCCCC. The molecular formula is C29H56O2. The molecule has 0 N–H and O–H groups in total. The van der Waals surface area contributed by atoms with E-state index < -0.39 is 0 Å². The highest BCUT2D eigenvalue weighted by Crippen LogP contribution is 2.23. The minimum absolute atomic E-state index is 0.0404. The van der Waals surface area contributed by atoms with Crippen molar-refractivity contribution in [3.8, 4) is 0 Å². The van der Waals surface area contributed by atoms with Crippen LogP contribution in [-0.2, 0) is 9.53 Å². The van der Waals surface area contributed by atoms with E-state index in [1.54, 1.807) is 6.26 Å². The summed E-state index contributed by atoms with van der Waals surface area (Å²) in [5.74, 6) is 0.470. The predicted octanol–water partition coefficient (Wildman–Crippen LogP) is 10.3. The van der Waals surface area contributed by atoms with Gasteiger partial charge >= 0.3 is 5.97 Å². The van der Waals surface area contributed by atoms with Gasteiger partial charge in [0.05, 0.1) is 6.26 Å². The van der Waals surface area contributed by atoms with Gasteiger partial charge in [0.25, 0.3) is 0 Å². The third-order valence-electron chi connectivity index (χ3n) is 6.42. The van der Waals surface area contributed by atoms with E-state index in [2.05, 4.69) is 20.8 Å². The van der Waals surface area contributed by atoms with Gasteiger partial charge in [-0.2, -0.15) is 0 Å². The molecule has 0 bridgehead atoms. The zero-order valence-corrected chi connectivity index (χ0v) is 21.6. The summed E-state index contributed by atoms with van der Waals surface area (Å²) in [5, 5.41) is 0. The summed E-state index contributed by atoms with van der Waals surface area (Å²) < 4.78 is 5.28. The van der Waals surface area contributed by atoms with E-state index in [-0.39, 0.29) is 5.97 Å². The number of hydrogen-bond acceptors (Lipinski definition) is 2. The molecular weight excluding hydrogens is 380 g/mol. The van der Waals surface area contributed by atoms with E-state index in [0.717, 1.165) is 6.42 Å². The van der Waals surface area contributed by atoms with Gasteiger partial charge in [0.1, 0.15) is 0 Å². The highest BCUT2D eigenvalue weighted by Gasteiger charge is 2.14. The van der Waals surface area contributed by atoms with Crippen LogP contribution >= 0.6 is 0 Å². The van der Waals surface area contributed by atoms with E-state index in [0.29, 0.717) is 12.3 Å². The van der Waals surface area contributed by atoms with E-state index in [1.165, 1.54) is 128 Å². The van der Waals surface area contributed by atoms with Gasteiger partial charge in [-0.05, 0) is 31.3 Å². The molecule has 31 heavy (non-hydrogen) atoms. The van der Waals surface area contributed by atoms with Crippen LogP contribution in [0, 0.1) is 5.92 Å². The van der Waals surface area contributed by atoms with Gasteiger partial charge < -0.3 is 4.74 Å². The maximum absolute atomic E-state index is 12.2. The van der Waals surface area contributed by atoms with Crippen molar-refractivity contribution in [2.24, 2.45) is 5.92 Å². The Bertz CT molecular complexity index is 388. The Kier molecular flexibility index (Phi) is 24.8. The number of unbranched alkanes of at least 4 members (excludes halogenated alkanes) is 16. The second-order valence-electron chi connectivity index (χ2n) is 9.57. The molecule has 0 aliphatic heterocycles. The van der Waals surface area contributed by atoms with Crippen molar-refractivity contribution in [2.45, 2.75) is 162 Å². The number of esters is 1. The van der Waals surface area contributed by atoms with E-state index in [9.17, 15) is 4.79 Å². The third-order valence-corrected chi connectivity index (χ3v) is 6.42. The molecule has 0 aromatic rings. The molecule has 0 radical (unpaired) electrons. The quantitative estimate of drug-likeness (QED) is 0.0854. The average molecular weight is 437 g/mol. The van der Waals surface area contributed by atoms with Crippen LogP contribution in [0.3, 0.4) is 0 Å². The van der Waals surface area contributed by atoms with Gasteiger partial charge in [0.15, 0.2) is 0 Å². The first kappa shape index (κ1) is 30.2. The minimum atomic E-state index is -0.0404. The normalized spacial score (nSPS) is 12.5. The Morgan fingerprint density at radius 2 is 1.00 bits per heavy atom. The van der Waals surface area contributed by atoms with Crippen molar-refractivity contribution in [1.29, 1.82) is 0 Å². The molecule has 0 heterocycles. The largest absolute Gasteiger partial charge is 0.435 e. The van der Waals surface area contributed by atoms with Crippen LogP contribution in [0.25, 0.3) is 0 Å². The molecule has 0 aliphatic carbocycles. The van der Waals surface area contributed by atoms with Crippen molar-refractivity contribution < 1.29 is 9.53 Å². The first-order valence-corrected chi connectivity index (χ1v) is 14.1. The molecule has 2 heteroatoms. The summed E-state index contributed by atoms with van der Waals surface area (Å²) in [5.41, 5.74) is 0. The summed E-state index contributed by atoms with van der Waals surface area (Å²) in [6.45, 7) is 6.61. The summed E-state index contributed by atoms with van der Waals surface area (Å²) >= 11 is 0. The van der Waals surface area contributed by atoms with Crippen LogP contribution in [0.4, 0.5) is 0 Å². The van der Waals surface area contributed by atoms with E-state index in [1.807, 2.05) is 6.08 Å². The molecule has 0 amide bonds. The lowest BCUT2D eigenvalue weighted by Crippen LogP contribution is -2.10. The number of carbonyl (C=O) groups is 1. The van der Waals surface area contributed by atoms with Crippen molar-refractivity contribution in [1.82, 2.24) is 0 Å². The molecule has 0 fully saturated rings. The van der Waals surface area contributed by atoms with Gasteiger partial charge in [-0.1, -0.05) is 136 Å². The highest BCUT2D eigenvalue weighted by atomic mass is 16.5. The van der Waals surface area contributed by atoms with Gasteiger partial charge in [-0.3, -0.25) is 4.79 Å². The smallest absolute Gasteiger partial charge is 0.310 e. The maximum Gasteiger partial charge on any atom is 0.310 e. The summed E-state index contributed by atoms with van der Waals surface area (Å²) in [7, 11) is 0. The standard InChI is InChI=1S/C29H56O2/c1-4-7-10-12-14-16-17-19-21-23-25-28(27-29(30)31-26-9-6-3)24-22-20-18-15-13-11-8-5-2/h9,26,28H,4-8,10-25,27H2,1-3H3. The Balaban J connectivity index is 3.96. The molecule has 0 saturated carbocycles. The van der Waals surface area contributed by atoms with Crippen LogP contribution in [0.2, 0.25) is 0 Å². The van der Waals surface area contributed by atoms with Crippen molar-refractivity contribution >= 4 is 5.97 Å². The summed E-state index contributed by atoms with van der Waals surface area (Å²) in [6, 6.07) is 0. The number of ether oxygens (including phenoxy) is 1. The van der Waals surface area contributed by atoms with Gasteiger partial charge in [-0.15, -0.1) is 0 Å². The Morgan fingerprint density at radius 3 is 1.39 bits per heavy atom. The molecule has 0 spiro atoms. The lowest BCUT2D eigenvalue weighted by atomic mass is 9.91. The molecule has 0 rings (SSSR count). The maximum atomic E-state index is 12.2. The summed E-state index contributed by atoms with van der Waals surface area (Å²) in [6.07, 6.45) is 32.0. The molecule has 1 unspecified atom stereocenters. The molecule has 0 aliphatic rings. The monoisotopic (exact) mass is 436 g/mol. The first-order chi connectivity index (χ1) is 15.2. The fourth-order valence-corrected chi connectivity index (χ4v) is 4.34. The fourth-order valence-electron chi connectivity index (χ4n) is 4.34. The fraction of sp³-hybridized carbons (Fsp3) is 0.897. The van der Waals surface area contributed by atoms with E-state index >= 15 is 0 Å². The zero-order chi connectivity index (χ0) is 22.8. The predicted molar refractivity (Wildman–Crippen MR) is 137 cm³/mol. The zero-order valence-electron chi connectivity index (χ0n) is 21.6. The van der Waals surface area contributed by atoms with E-state index in [4.69, 9.17) is 4.74 Å². The van der Waals surface area contributed by atoms with Crippen LogP contribution in [0.15, 0.2) is 12.3 Å². The second-order valence-corrected chi connectivity index (χ2v) is 9.57. The topological polar surface area (TPSA) is 26.3 Å². The molecule has 0 saturated heterocycles. The van der Waals surface area contributed by atoms with Crippen LogP contribution in [0.1, 0.15) is 162 Å². The molecule has 1 atom stereocenters. The number of allylic oxidation sites excluding steroid dienone is 1. The molecule has 0 aromatic heterocycles. The lowest BCUT2D eigenvalue weighted by molar-refractivity contribution is -0.139.